The van der Waals surface area contributed by atoms with Gasteiger partial charge in [0.1, 0.15) is 4.90 Å². The van der Waals surface area contributed by atoms with Crippen molar-refractivity contribution in [1.29, 1.82) is 0 Å². The van der Waals surface area contributed by atoms with Gasteiger partial charge in [-0.15, -0.1) is 0 Å². The molecule has 7 heteroatoms. The standard InChI is InChI=1S/C19H24BNO4S/c1-18(2)19(3,4)25-20(24-18)15-11-16(17(23-5)21-12-15)26(22)13-14-9-7-6-8-10-14/h6-12H,13H2,1-5H3. The van der Waals surface area contributed by atoms with E-state index in [1.165, 1.54) is 7.11 Å². The third-order valence-electron chi connectivity index (χ3n) is 4.94. The van der Waals surface area contributed by atoms with Crippen molar-refractivity contribution in [2.24, 2.45) is 0 Å². The topological polar surface area (TPSA) is 57.6 Å². The summed E-state index contributed by atoms with van der Waals surface area (Å²) in [6.07, 6.45) is 1.66. The highest BCUT2D eigenvalue weighted by molar-refractivity contribution is 7.84. The number of hydrogen-bond acceptors (Lipinski definition) is 5. The lowest BCUT2D eigenvalue weighted by atomic mass is 9.80. The zero-order valence-corrected chi connectivity index (χ0v) is 16.6. The number of ether oxygens (including phenoxy) is 1. The van der Waals surface area contributed by atoms with E-state index >= 15 is 0 Å². The number of nitrogens with zero attached hydrogens (tertiary/aromatic N) is 1. The monoisotopic (exact) mass is 373 g/mol. The first kappa shape index (κ1) is 19.1. The van der Waals surface area contributed by atoms with E-state index < -0.39 is 29.1 Å². The van der Waals surface area contributed by atoms with Gasteiger partial charge in [-0.25, -0.2) is 4.98 Å². The smallest absolute Gasteiger partial charge is 0.480 e. The highest BCUT2D eigenvalue weighted by atomic mass is 32.2. The van der Waals surface area contributed by atoms with E-state index in [9.17, 15) is 4.21 Å². The molecule has 1 atom stereocenters. The average Bonchev–Trinajstić information content (AvgIpc) is 2.83. The predicted octanol–water partition coefficient (Wildman–Crippen LogP) is 2.70. The molecule has 26 heavy (non-hydrogen) atoms. The predicted molar refractivity (Wildman–Crippen MR) is 103 cm³/mol. The van der Waals surface area contributed by atoms with Crippen molar-refractivity contribution in [3.8, 4) is 5.88 Å². The Morgan fingerprint density at radius 3 is 2.31 bits per heavy atom. The second-order valence-corrected chi connectivity index (χ2v) is 8.76. The summed E-state index contributed by atoms with van der Waals surface area (Å²) in [5.74, 6) is 0.755. The van der Waals surface area contributed by atoms with Crippen molar-refractivity contribution in [2.45, 2.75) is 49.5 Å². The minimum Gasteiger partial charge on any atom is -0.480 e. The van der Waals surface area contributed by atoms with E-state index in [0.29, 0.717) is 16.5 Å². The van der Waals surface area contributed by atoms with Gasteiger partial charge in [-0.2, -0.15) is 0 Å². The molecule has 2 heterocycles. The molecule has 1 fully saturated rings. The first-order chi connectivity index (χ1) is 12.2. The molecule has 0 radical (unpaired) electrons. The quantitative estimate of drug-likeness (QED) is 0.755. The molecular formula is C19H24BNO4S. The van der Waals surface area contributed by atoms with Crippen LogP contribution in [0, 0.1) is 0 Å². The van der Waals surface area contributed by atoms with Crippen LogP contribution in [0.4, 0.5) is 0 Å². The molecule has 5 nitrogen and oxygen atoms in total. The van der Waals surface area contributed by atoms with Crippen molar-refractivity contribution >= 4 is 23.4 Å². The van der Waals surface area contributed by atoms with E-state index in [4.69, 9.17) is 14.0 Å². The molecule has 1 aliphatic rings. The molecular weight excluding hydrogens is 349 g/mol. The minimum atomic E-state index is -1.29. The van der Waals surface area contributed by atoms with E-state index in [1.807, 2.05) is 64.1 Å². The van der Waals surface area contributed by atoms with Gasteiger partial charge in [0, 0.05) is 11.7 Å². The van der Waals surface area contributed by atoms with E-state index in [2.05, 4.69) is 4.98 Å². The van der Waals surface area contributed by atoms with Crippen LogP contribution in [0.15, 0.2) is 47.5 Å². The van der Waals surface area contributed by atoms with Crippen LogP contribution in [0.2, 0.25) is 0 Å². The average molecular weight is 373 g/mol. The summed E-state index contributed by atoms with van der Waals surface area (Å²) in [5.41, 5.74) is 0.844. The fourth-order valence-electron chi connectivity index (χ4n) is 2.67. The maximum Gasteiger partial charge on any atom is 0.496 e. The molecule has 1 unspecified atom stereocenters. The van der Waals surface area contributed by atoms with Gasteiger partial charge in [0.15, 0.2) is 0 Å². The summed E-state index contributed by atoms with van der Waals surface area (Å²) in [6.45, 7) is 7.99. The molecule has 0 amide bonds. The fraction of sp³-hybridized carbons (Fsp3) is 0.421. The Morgan fingerprint density at radius 1 is 1.12 bits per heavy atom. The number of rotatable bonds is 5. The van der Waals surface area contributed by atoms with Crippen LogP contribution in [0.5, 0.6) is 5.88 Å². The maximum absolute atomic E-state index is 12.9. The second-order valence-electron chi connectivity index (χ2n) is 7.34. The molecule has 0 N–H and O–H groups in total. The molecule has 0 aliphatic carbocycles. The van der Waals surface area contributed by atoms with Crippen LogP contribution in [-0.2, 0) is 25.9 Å². The Balaban J connectivity index is 1.89. The van der Waals surface area contributed by atoms with Crippen molar-refractivity contribution in [3.63, 3.8) is 0 Å². The van der Waals surface area contributed by atoms with Crippen LogP contribution < -0.4 is 10.2 Å². The SMILES string of the molecule is COc1ncc(B2OC(C)(C)C(C)(C)O2)cc1S(=O)Cc1ccccc1. The molecule has 2 aromatic rings. The Hall–Kier alpha value is -1.70. The summed E-state index contributed by atoms with van der Waals surface area (Å²) in [4.78, 5) is 4.87. The molecule has 1 aromatic carbocycles. The largest absolute Gasteiger partial charge is 0.496 e. The van der Waals surface area contributed by atoms with E-state index in [-0.39, 0.29) is 0 Å². The van der Waals surface area contributed by atoms with E-state index in [0.717, 1.165) is 11.0 Å². The number of methoxy groups -OCH3 is 1. The first-order valence-electron chi connectivity index (χ1n) is 8.55. The second kappa shape index (κ2) is 7.14. The number of aromatic nitrogens is 1. The van der Waals surface area contributed by atoms with Gasteiger partial charge in [-0.1, -0.05) is 30.3 Å². The van der Waals surface area contributed by atoms with Gasteiger partial charge in [0.2, 0.25) is 5.88 Å². The summed E-state index contributed by atoms with van der Waals surface area (Å²) < 4.78 is 30.4. The molecule has 138 valence electrons. The summed E-state index contributed by atoms with van der Waals surface area (Å²) in [7, 11) is -0.316. The van der Waals surface area contributed by atoms with Crippen molar-refractivity contribution in [3.05, 3.63) is 48.2 Å². The highest BCUT2D eigenvalue weighted by Gasteiger charge is 2.52. The van der Waals surface area contributed by atoms with Gasteiger partial charge >= 0.3 is 7.12 Å². The highest BCUT2D eigenvalue weighted by Crippen LogP contribution is 2.36. The number of hydrogen-bond donors (Lipinski definition) is 0. The molecule has 0 spiro atoms. The van der Waals surface area contributed by atoms with Gasteiger partial charge in [-0.05, 0) is 39.3 Å². The van der Waals surface area contributed by atoms with Crippen molar-refractivity contribution < 1.29 is 18.3 Å². The number of pyridine rings is 1. The third kappa shape index (κ3) is 3.70. The van der Waals surface area contributed by atoms with Gasteiger partial charge in [-0.3, -0.25) is 4.21 Å². The molecule has 0 bridgehead atoms. The van der Waals surface area contributed by atoms with Crippen molar-refractivity contribution in [1.82, 2.24) is 4.98 Å². The summed E-state index contributed by atoms with van der Waals surface area (Å²) >= 11 is 0. The van der Waals surface area contributed by atoms with Crippen LogP contribution >= 0.6 is 0 Å². The lowest BCUT2D eigenvalue weighted by Gasteiger charge is -2.32. The fourth-order valence-corrected chi connectivity index (χ4v) is 3.92. The van der Waals surface area contributed by atoms with Crippen LogP contribution in [0.1, 0.15) is 33.3 Å². The van der Waals surface area contributed by atoms with Crippen molar-refractivity contribution in [2.75, 3.05) is 7.11 Å². The zero-order valence-electron chi connectivity index (χ0n) is 15.8. The summed E-state index contributed by atoms with van der Waals surface area (Å²) in [5, 5.41) is 0. The third-order valence-corrected chi connectivity index (χ3v) is 6.32. The Bertz CT molecular complexity index is 794. The minimum absolute atomic E-state index is 0.361. The molecule has 0 saturated carbocycles. The van der Waals surface area contributed by atoms with Gasteiger partial charge < -0.3 is 14.0 Å². The van der Waals surface area contributed by atoms with Crippen LogP contribution in [0.25, 0.3) is 0 Å². The lowest BCUT2D eigenvalue weighted by Crippen LogP contribution is -2.41. The first-order valence-corrected chi connectivity index (χ1v) is 9.87. The Labute approximate surface area is 157 Å². The molecule has 1 aliphatic heterocycles. The van der Waals surface area contributed by atoms with Gasteiger partial charge in [0.25, 0.3) is 0 Å². The zero-order chi connectivity index (χ0) is 18.9. The van der Waals surface area contributed by atoms with E-state index in [1.54, 1.807) is 6.20 Å². The number of benzene rings is 1. The lowest BCUT2D eigenvalue weighted by molar-refractivity contribution is 0.00578. The van der Waals surface area contributed by atoms with Crippen LogP contribution in [-0.4, -0.2) is 34.6 Å². The van der Waals surface area contributed by atoms with Crippen LogP contribution in [0.3, 0.4) is 0 Å². The summed E-state index contributed by atoms with van der Waals surface area (Å²) in [6, 6.07) is 11.5. The normalized spacial score (nSPS) is 19.3. The Morgan fingerprint density at radius 2 is 1.73 bits per heavy atom. The molecule has 1 aromatic heterocycles. The Kier molecular flexibility index (Phi) is 5.24. The maximum atomic E-state index is 12.9. The van der Waals surface area contributed by atoms with Gasteiger partial charge in [0.05, 0.1) is 34.9 Å². The molecule has 3 rings (SSSR count). The molecule has 1 saturated heterocycles.